The number of nitro groups is 2. The van der Waals surface area contributed by atoms with Crippen LogP contribution in [0.3, 0.4) is 0 Å². The van der Waals surface area contributed by atoms with E-state index in [1.807, 2.05) is 24.3 Å². The molecular formula is C19H15N3O5. The number of benzene rings is 2. The van der Waals surface area contributed by atoms with Gasteiger partial charge in [-0.15, -0.1) is 0 Å². The smallest absolute Gasteiger partial charge is 0.277 e. The van der Waals surface area contributed by atoms with Crippen LogP contribution in [0, 0.1) is 20.2 Å². The van der Waals surface area contributed by atoms with E-state index in [0.29, 0.717) is 0 Å². The third kappa shape index (κ3) is 2.75. The topological polar surface area (TPSA) is 108 Å². The molecule has 0 saturated carbocycles. The van der Waals surface area contributed by atoms with E-state index < -0.39 is 27.1 Å². The largest absolute Gasteiger partial charge is 0.280 e. The highest BCUT2D eigenvalue weighted by Crippen LogP contribution is 2.33. The van der Waals surface area contributed by atoms with E-state index >= 15 is 0 Å². The minimum Gasteiger partial charge on any atom is -0.280 e. The first-order chi connectivity index (χ1) is 13.0. The second-order valence-electron chi connectivity index (χ2n) is 6.54. The van der Waals surface area contributed by atoms with E-state index in [0.717, 1.165) is 66.0 Å². The molecule has 1 aromatic heterocycles. The summed E-state index contributed by atoms with van der Waals surface area (Å²) in [5.74, 6) is -0.485. The highest BCUT2D eigenvalue weighted by Gasteiger charge is 2.26. The summed E-state index contributed by atoms with van der Waals surface area (Å²) in [6.07, 6.45) is 3.58. The fourth-order valence-electron chi connectivity index (χ4n) is 3.79. The van der Waals surface area contributed by atoms with Crippen molar-refractivity contribution < 1.29 is 14.6 Å². The Morgan fingerprint density at radius 1 is 0.926 bits per heavy atom. The van der Waals surface area contributed by atoms with Crippen LogP contribution in [0.25, 0.3) is 10.9 Å². The average Bonchev–Trinajstić information content (AvgIpc) is 3.01. The van der Waals surface area contributed by atoms with Gasteiger partial charge < -0.3 is 0 Å². The Hall–Kier alpha value is -3.55. The lowest BCUT2D eigenvalue weighted by Gasteiger charge is -2.15. The van der Waals surface area contributed by atoms with Crippen LogP contribution >= 0.6 is 0 Å². The SMILES string of the molecule is O=C(c1cc([N+](=O)[O-])cc([N+](=O)[O-])c1)n1c2c(c3ccccc31)CCCC2. The van der Waals surface area contributed by atoms with Gasteiger partial charge in [-0.25, -0.2) is 0 Å². The molecule has 0 aliphatic heterocycles. The highest BCUT2D eigenvalue weighted by atomic mass is 16.6. The predicted octanol–water partition coefficient (Wildman–Crippen LogP) is 4.03. The fourth-order valence-corrected chi connectivity index (χ4v) is 3.79. The number of carbonyl (C=O) groups excluding carboxylic acids is 1. The van der Waals surface area contributed by atoms with E-state index in [1.165, 1.54) is 0 Å². The minimum absolute atomic E-state index is 0.0648. The van der Waals surface area contributed by atoms with Gasteiger partial charge in [-0.1, -0.05) is 18.2 Å². The van der Waals surface area contributed by atoms with Gasteiger partial charge in [0.25, 0.3) is 17.3 Å². The number of nitrogens with zero attached hydrogens (tertiary/aromatic N) is 3. The van der Waals surface area contributed by atoms with Crippen LogP contribution in [-0.4, -0.2) is 20.3 Å². The van der Waals surface area contributed by atoms with E-state index in [9.17, 15) is 25.0 Å². The Labute approximate surface area is 153 Å². The lowest BCUT2D eigenvalue weighted by atomic mass is 9.95. The zero-order chi connectivity index (χ0) is 19.1. The molecule has 8 heteroatoms. The number of non-ortho nitro benzene ring substituents is 2. The average molecular weight is 365 g/mol. The quantitative estimate of drug-likeness (QED) is 0.514. The molecule has 0 fully saturated rings. The summed E-state index contributed by atoms with van der Waals surface area (Å²) in [6, 6.07) is 10.6. The zero-order valence-corrected chi connectivity index (χ0v) is 14.3. The van der Waals surface area contributed by atoms with Gasteiger partial charge in [0, 0.05) is 23.2 Å². The molecule has 0 atom stereocenters. The molecule has 0 radical (unpaired) electrons. The molecule has 136 valence electrons. The van der Waals surface area contributed by atoms with Crippen molar-refractivity contribution in [2.45, 2.75) is 25.7 Å². The van der Waals surface area contributed by atoms with Crippen molar-refractivity contribution in [1.29, 1.82) is 0 Å². The molecule has 0 spiro atoms. The van der Waals surface area contributed by atoms with Crippen molar-refractivity contribution in [1.82, 2.24) is 4.57 Å². The molecule has 1 aliphatic carbocycles. The van der Waals surface area contributed by atoms with E-state index in [4.69, 9.17) is 0 Å². The Bertz CT molecular complexity index is 1080. The summed E-state index contributed by atoms with van der Waals surface area (Å²) in [4.78, 5) is 34.1. The second kappa shape index (κ2) is 6.31. The van der Waals surface area contributed by atoms with Crippen LogP contribution in [0.4, 0.5) is 11.4 Å². The standard InChI is InChI=1S/C19H15N3O5/c23-19(12-9-13(21(24)25)11-14(10-12)22(26)27)20-17-7-3-1-5-15(17)16-6-2-4-8-18(16)20/h1,3,5,7,9-11H,2,4,6,8H2. The van der Waals surface area contributed by atoms with E-state index in [1.54, 1.807) is 4.57 Å². The van der Waals surface area contributed by atoms with Crippen molar-refractivity contribution in [2.24, 2.45) is 0 Å². The number of carbonyl (C=O) groups is 1. The molecule has 0 bridgehead atoms. The zero-order valence-electron chi connectivity index (χ0n) is 14.3. The monoisotopic (exact) mass is 365 g/mol. The van der Waals surface area contributed by atoms with Crippen molar-refractivity contribution >= 4 is 28.2 Å². The molecule has 0 unspecified atom stereocenters. The number of para-hydroxylation sites is 1. The number of nitro benzene ring substituents is 2. The summed E-state index contributed by atoms with van der Waals surface area (Å²) in [5.41, 5.74) is 1.72. The molecule has 3 aromatic rings. The molecule has 8 nitrogen and oxygen atoms in total. The summed E-state index contributed by atoms with van der Waals surface area (Å²) in [6.45, 7) is 0. The number of aryl methyl sites for hydroxylation is 1. The van der Waals surface area contributed by atoms with Gasteiger partial charge in [0.15, 0.2) is 0 Å². The molecule has 0 saturated heterocycles. The third-order valence-corrected chi connectivity index (χ3v) is 4.95. The molecule has 2 aromatic carbocycles. The minimum atomic E-state index is -0.729. The third-order valence-electron chi connectivity index (χ3n) is 4.95. The molecule has 27 heavy (non-hydrogen) atoms. The summed E-state index contributed by atoms with van der Waals surface area (Å²) in [7, 11) is 0. The maximum Gasteiger partial charge on any atom is 0.277 e. The van der Waals surface area contributed by atoms with Crippen LogP contribution in [0.15, 0.2) is 42.5 Å². The van der Waals surface area contributed by atoms with Crippen molar-refractivity contribution in [3.8, 4) is 0 Å². The van der Waals surface area contributed by atoms with Crippen LogP contribution < -0.4 is 0 Å². The predicted molar refractivity (Wildman–Crippen MR) is 98.1 cm³/mol. The van der Waals surface area contributed by atoms with Crippen LogP contribution in [0.2, 0.25) is 0 Å². The number of hydrogen-bond donors (Lipinski definition) is 0. The first-order valence-electron chi connectivity index (χ1n) is 8.57. The van der Waals surface area contributed by atoms with Crippen LogP contribution in [0.1, 0.15) is 34.5 Å². The Balaban J connectivity index is 1.94. The van der Waals surface area contributed by atoms with Crippen LogP contribution in [-0.2, 0) is 12.8 Å². The molecular weight excluding hydrogens is 350 g/mol. The van der Waals surface area contributed by atoms with Gasteiger partial charge >= 0.3 is 0 Å². The van der Waals surface area contributed by atoms with Gasteiger partial charge in [0.1, 0.15) is 0 Å². The van der Waals surface area contributed by atoms with Crippen LogP contribution in [0.5, 0.6) is 0 Å². The number of rotatable bonds is 3. The lowest BCUT2D eigenvalue weighted by Crippen LogP contribution is -2.17. The fraction of sp³-hybridized carbons (Fsp3) is 0.211. The van der Waals surface area contributed by atoms with E-state index in [2.05, 4.69) is 0 Å². The normalized spacial score (nSPS) is 13.3. The number of fused-ring (bicyclic) bond motifs is 3. The van der Waals surface area contributed by atoms with Gasteiger partial charge in [-0.2, -0.15) is 0 Å². The second-order valence-corrected chi connectivity index (χ2v) is 6.54. The number of aromatic nitrogens is 1. The van der Waals surface area contributed by atoms with Gasteiger partial charge in [-0.3, -0.25) is 29.6 Å². The first-order valence-corrected chi connectivity index (χ1v) is 8.57. The Morgan fingerprint density at radius 3 is 2.22 bits per heavy atom. The first kappa shape index (κ1) is 16.9. The maximum atomic E-state index is 13.3. The highest BCUT2D eigenvalue weighted by molar-refractivity contribution is 6.04. The maximum absolute atomic E-state index is 13.3. The van der Waals surface area contributed by atoms with Gasteiger partial charge in [0.2, 0.25) is 0 Å². The van der Waals surface area contributed by atoms with Crippen molar-refractivity contribution in [3.63, 3.8) is 0 Å². The van der Waals surface area contributed by atoms with Gasteiger partial charge in [-0.05, 0) is 37.3 Å². The molecule has 1 heterocycles. The van der Waals surface area contributed by atoms with Gasteiger partial charge in [0.05, 0.1) is 27.0 Å². The summed E-state index contributed by atoms with van der Waals surface area (Å²) < 4.78 is 1.56. The molecule has 0 amide bonds. The molecule has 4 rings (SSSR count). The molecule has 0 N–H and O–H groups in total. The Kier molecular flexibility index (Phi) is 3.95. The Morgan fingerprint density at radius 2 is 1.56 bits per heavy atom. The van der Waals surface area contributed by atoms with Crippen molar-refractivity contribution in [3.05, 3.63) is 79.5 Å². The van der Waals surface area contributed by atoms with E-state index in [-0.39, 0.29) is 5.56 Å². The molecule has 1 aliphatic rings. The summed E-state index contributed by atoms with van der Waals surface area (Å²) in [5, 5.41) is 23.3. The summed E-state index contributed by atoms with van der Waals surface area (Å²) >= 11 is 0. The number of hydrogen-bond acceptors (Lipinski definition) is 5. The lowest BCUT2D eigenvalue weighted by molar-refractivity contribution is -0.394. The van der Waals surface area contributed by atoms with Crippen molar-refractivity contribution in [2.75, 3.05) is 0 Å².